The van der Waals surface area contributed by atoms with Gasteiger partial charge in [0.1, 0.15) is 17.0 Å². The van der Waals surface area contributed by atoms with Crippen LogP contribution < -0.4 is 9.47 Å². The van der Waals surface area contributed by atoms with Gasteiger partial charge in [-0.2, -0.15) is 5.10 Å². The number of aromatic amines is 1. The van der Waals surface area contributed by atoms with Gasteiger partial charge in [0.15, 0.2) is 0 Å². The fourth-order valence-corrected chi connectivity index (χ4v) is 1.28. The van der Waals surface area contributed by atoms with E-state index in [-0.39, 0.29) is 0 Å². The number of aromatic nitrogens is 2. The van der Waals surface area contributed by atoms with E-state index < -0.39 is 0 Å². The highest BCUT2D eigenvalue weighted by Crippen LogP contribution is 2.28. The predicted molar refractivity (Wildman–Crippen MR) is 49.2 cm³/mol. The molecule has 68 valence electrons. The molecule has 0 aliphatic rings. The zero-order valence-electron chi connectivity index (χ0n) is 7.50. The first kappa shape index (κ1) is 7.91. The van der Waals surface area contributed by atoms with Gasteiger partial charge in [0.2, 0.25) is 0 Å². The number of ether oxygens (including phenoxy) is 2. The summed E-state index contributed by atoms with van der Waals surface area (Å²) in [6.07, 6.45) is 1.74. The Kier molecular flexibility index (Phi) is 1.81. The van der Waals surface area contributed by atoms with Crippen LogP contribution in [0.3, 0.4) is 0 Å². The highest BCUT2D eigenvalue weighted by atomic mass is 16.5. The van der Waals surface area contributed by atoms with Crippen molar-refractivity contribution in [2.24, 2.45) is 0 Å². The lowest BCUT2D eigenvalue weighted by molar-refractivity contribution is 0.397. The molecule has 0 aliphatic heterocycles. The Balaban J connectivity index is 2.70. The lowest BCUT2D eigenvalue weighted by Gasteiger charge is -2.04. The molecule has 0 saturated heterocycles. The maximum Gasteiger partial charge on any atom is 0.148 e. The maximum atomic E-state index is 5.18. The summed E-state index contributed by atoms with van der Waals surface area (Å²) in [6, 6.07) is 3.72. The van der Waals surface area contributed by atoms with Gasteiger partial charge in [0.25, 0.3) is 0 Å². The van der Waals surface area contributed by atoms with Gasteiger partial charge in [-0.05, 0) is 6.07 Å². The number of nitrogens with one attached hydrogen (secondary N) is 1. The summed E-state index contributed by atoms with van der Waals surface area (Å²) in [5, 5.41) is 7.77. The second-order valence-electron chi connectivity index (χ2n) is 2.66. The van der Waals surface area contributed by atoms with Crippen LogP contribution in [0.4, 0.5) is 0 Å². The molecular weight excluding hydrogens is 168 g/mol. The van der Waals surface area contributed by atoms with Crippen LogP contribution >= 0.6 is 0 Å². The summed E-state index contributed by atoms with van der Waals surface area (Å²) < 4.78 is 10.3. The van der Waals surface area contributed by atoms with Gasteiger partial charge in [0, 0.05) is 11.5 Å². The molecule has 0 saturated carbocycles. The number of benzene rings is 1. The van der Waals surface area contributed by atoms with Crippen molar-refractivity contribution < 1.29 is 9.47 Å². The lowest BCUT2D eigenvalue weighted by Crippen LogP contribution is -1.87. The minimum atomic E-state index is 0.742. The Morgan fingerprint density at radius 2 is 2.08 bits per heavy atom. The molecule has 1 aromatic heterocycles. The zero-order valence-corrected chi connectivity index (χ0v) is 7.50. The van der Waals surface area contributed by atoms with Crippen LogP contribution in [-0.2, 0) is 0 Å². The second-order valence-corrected chi connectivity index (χ2v) is 2.66. The molecule has 0 atom stereocenters. The van der Waals surface area contributed by atoms with Gasteiger partial charge in [-0.25, -0.2) is 0 Å². The first-order valence-electron chi connectivity index (χ1n) is 3.90. The van der Waals surface area contributed by atoms with Crippen LogP contribution in [0.15, 0.2) is 18.3 Å². The van der Waals surface area contributed by atoms with Gasteiger partial charge >= 0.3 is 0 Å². The maximum absolute atomic E-state index is 5.18. The molecule has 0 radical (unpaired) electrons. The second kappa shape index (κ2) is 2.97. The summed E-state index contributed by atoms with van der Waals surface area (Å²) in [7, 11) is 3.25. The number of methoxy groups -OCH3 is 2. The number of fused-ring (bicyclic) bond motifs is 1. The molecule has 1 aromatic carbocycles. The Bertz CT molecular complexity index is 422. The summed E-state index contributed by atoms with van der Waals surface area (Å²) >= 11 is 0. The van der Waals surface area contributed by atoms with Gasteiger partial charge in [-0.1, -0.05) is 0 Å². The first-order valence-corrected chi connectivity index (χ1v) is 3.90. The van der Waals surface area contributed by atoms with E-state index in [2.05, 4.69) is 10.2 Å². The highest BCUT2D eigenvalue weighted by Gasteiger charge is 2.05. The van der Waals surface area contributed by atoms with Crippen LogP contribution in [0.1, 0.15) is 0 Å². The molecule has 0 spiro atoms. The van der Waals surface area contributed by atoms with Crippen LogP contribution in [0.5, 0.6) is 11.5 Å². The van der Waals surface area contributed by atoms with E-state index in [0.29, 0.717) is 0 Å². The monoisotopic (exact) mass is 178 g/mol. The average Bonchev–Trinajstić information content (AvgIpc) is 2.63. The number of rotatable bonds is 2. The van der Waals surface area contributed by atoms with Gasteiger partial charge in [-0.15, -0.1) is 0 Å². The lowest BCUT2D eigenvalue weighted by atomic mass is 10.2. The smallest absolute Gasteiger partial charge is 0.148 e. The Hall–Kier alpha value is -1.71. The van der Waals surface area contributed by atoms with Crippen molar-refractivity contribution >= 4 is 10.9 Å². The van der Waals surface area contributed by atoms with Crippen LogP contribution in [0, 0.1) is 0 Å². The van der Waals surface area contributed by atoms with Crippen LogP contribution in [-0.4, -0.2) is 24.4 Å². The van der Waals surface area contributed by atoms with Crippen molar-refractivity contribution in [3.8, 4) is 11.5 Å². The summed E-state index contributed by atoms with van der Waals surface area (Å²) in [4.78, 5) is 0. The molecule has 0 aliphatic carbocycles. The topological polar surface area (TPSA) is 47.1 Å². The molecule has 1 heterocycles. The van der Waals surface area contributed by atoms with Crippen molar-refractivity contribution in [2.45, 2.75) is 0 Å². The summed E-state index contributed by atoms with van der Waals surface area (Å²) in [5.41, 5.74) is 0.892. The van der Waals surface area contributed by atoms with Gasteiger partial charge in [-0.3, -0.25) is 5.10 Å². The molecular formula is C9H10N2O2. The third-order valence-electron chi connectivity index (χ3n) is 1.94. The van der Waals surface area contributed by atoms with E-state index in [0.717, 1.165) is 22.4 Å². The third-order valence-corrected chi connectivity index (χ3v) is 1.94. The SMILES string of the molecule is COc1cc(OC)c2[nH]ncc2c1. The predicted octanol–water partition coefficient (Wildman–Crippen LogP) is 1.58. The fourth-order valence-electron chi connectivity index (χ4n) is 1.28. The van der Waals surface area contributed by atoms with Crippen molar-refractivity contribution in [3.05, 3.63) is 18.3 Å². The van der Waals surface area contributed by atoms with Crippen LogP contribution in [0.2, 0.25) is 0 Å². The molecule has 13 heavy (non-hydrogen) atoms. The van der Waals surface area contributed by atoms with Crippen LogP contribution in [0.25, 0.3) is 10.9 Å². The molecule has 1 N–H and O–H groups in total. The van der Waals surface area contributed by atoms with E-state index in [1.54, 1.807) is 20.4 Å². The summed E-state index contributed by atoms with van der Waals surface area (Å²) in [6.45, 7) is 0. The number of hydrogen-bond acceptors (Lipinski definition) is 3. The fraction of sp³-hybridized carbons (Fsp3) is 0.222. The van der Waals surface area contributed by atoms with E-state index in [1.807, 2.05) is 12.1 Å². The van der Waals surface area contributed by atoms with E-state index in [9.17, 15) is 0 Å². The Labute approximate surface area is 75.5 Å². The normalized spacial score (nSPS) is 10.3. The first-order chi connectivity index (χ1) is 6.35. The zero-order chi connectivity index (χ0) is 9.26. The number of H-pyrrole nitrogens is 1. The van der Waals surface area contributed by atoms with Gasteiger partial charge < -0.3 is 9.47 Å². The van der Waals surface area contributed by atoms with Gasteiger partial charge in [0.05, 0.1) is 20.4 Å². The average molecular weight is 178 g/mol. The van der Waals surface area contributed by atoms with Crippen molar-refractivity contribution in [1.29, 1.82) is 0 Å². The van der Waals surface area contributed by atoms with Crippen molar-refractivity contribution in [2.75, 3.05) is 14.2 Å². The molecule has 0 amide bonds. The molecule has 0 bridgehead atoms. The molecule has 2 aromatic rings. The number of hydrogen-bond donors (Lipinski definition) is 1. The number of nitrogens with zero attached hydrogens (tertiary/aromatic N) is 1. The molecule has 0 unspecified atom stereocenters. The largest absolute Gasteiger partial charge is 0.497 e. The standard InChI is InChI=1S/C9H10N2O2/c1-12-7-3-6-5-10-11-9(6)8(4-7)13-2/h3-5H,1-2H3,(H,10,11). The quantitative estimate of drug-likeness (QED) is 0.759. The van der Waals surface area contributed by atoms with E-state index in [4.69, 9.17) is 9.47 Å². The molecule has 4 nitrogen and oxygen atoms in total. The molecule has 0 fully saturated rings. The van der Waals surface area contributed by atoms with Crippen molar-refractivity contribution in [1.82, 2.24) is 10.2 Å². The third kappa shape index (κ3) is 1.20. The van der Waals surface area contributed by atoms with Crippen molar-refractivity contribution in [3.63, 3.8) is 0 Å². The van der Waals surface area contributed by atoms with E-state index in [1.165, 1.54) is 0 Å². The Morgan fingerprint density at radius 3 is 2.77 bits per heavy atom. The minimum Gasteiger partial charge on any atom is -0.497 e. The highest BCUT2D eigenvalue weighted by molar-refractivity contribution is 5.85. The minimum absolute atomic E-state index is 0.742. The molecule has 4 heteroatoms. The molecule has 2 rings (SSSR count). The Morgan fingerprint density at radius 1 is 1.23 bits per heavy atom. The summed E-state index contributed by atoms with van der Waals surface area (Å²) in [5.74, 6) is 1.51. The van der Waals surface area contributed by atoms with E-state index >= 15 is 0 Å².